The predicted octanol–water partition coefficient (Wildman–Crippen LogP) is 5.62. The zero-order valence-electron chi connectivity index (χ0n) is 17.7. The van der Waals surface area contributed by atoms with Gasteiger partial charge in [0.15, 0.2) is 0 Å². The molecule has 1 aliphatic carbocycles. The Labute approximate surface area is 192 Å². The Bertz CT molecular complexity index is 1160. The molecule has 0 radical (unpaired) electrons. The lowest BCUT2D eigenvalue weighted by atomic mass is 9.90. The van der Waals surface area contributed by atoms with Crippen LogP contribution in [0.4, 0.5) is 23.4 Å². The molecule has 0 atom stereocenters. The number of nitrogens with zero attached hydrogens (tertiary/aromatic N) is 3. The van der Waals surface area contributed by atoms with Gasteiger partial charge in [-0.2, -0.15) is 13.2 Å². The van der Waals surface area contributed by atoms with Crippen LogP contribution in [-0.4, -0.2) is 35.0 Å². The number of carbonyl (C=O) groups excluding carboxylic acids is 1. The Hall–Kier alpha value is -2.94. The number of benzene rings is 2. The molecule has 1 fully saturated rings. The number of alkyl halides is 3. The molecule has 1 heterocycles. The fourth-order valence-electron chi connectivity index (χ4n) is 4.13. The molecule has 0 aliphatic heterocycles. The first-order chi connectivity index (χ1) is 15.6. The lowest BCUT2D eigenvalue weighted by molar-refractivity contribution is -0.144. The van der Waals surface area contributed by atoms with E-state index < -0.39 is 17.8 Å². The van der Waals surface area contributed by atoms with Gasteiger partial charge in [0.05, 0.1) is 5.52 Å². The number of aromatic nitrogens is 2. The fourth-order valence-corrected chi connectivity index (χ4v) is 4.30. The molecule has 0 saturated heterocycles. The van der Waals surface area contributed by atoms with Gasteiger partial charge < -0.3 is 10.2 Å². The van der Waals surface area contributed by atoms with Gasteiger partial charge in [-0.3, -0.25) is 4.79 Å². The van der Waals surface area contributed by atoms with Gasteiger partial charge in [0, 0.05) is 35.1 Å². The van der Waals surface area contributed by atoms with Crippen LogP contribution in [0.15, 0.2) is 42.5 Å². The van der Waals surface area contributed by atoms with Gasteiger partial charge in [0.25, 0.3) is 5.91 Å². The van der Waals surface area contributed by atoms with Crippen molar-refractivity contribution in [3.63, 3.8) is 0 Å². The first-order valence-electron chi connectivity index (χ1n) is 10.5. The second-order valence-corrected chi connectivity index (χ2v) is 8.56. The van der Waals surface area contributed by atoms with Crippen molar-refractivity contribution in [2.45, 2.75) is 43.9 Å². The Morgan fingerprint density at radius 2 is 1.73 bits per heavy atom. The van der Waals surface area contributed by atoms with Gasteiger partial charge in [0.1, 0.15) is 11.6 Å². The van der Waals surface area contributed by atoms with E-state index >= 15 is 0 Å². The Kier molecular flexibility index (Phi) is 6.43. The van der Waals surface area contributed by atoms with E-state index in [9.17, 15) is 22.4 Å². The molecule has 3 aromatic rings. The second-order valence-electron chi connectivity index (χ2n) is 8.13. The second kappa shape index (κ2) is 9.13. The van der Waals surface area contributed by atoms with Crippen molar-refractivity contribution in [3.05, 3.63) is 64.7 Å². The molecule has 0 unspecified atom stereocenters. The van der Waals surface area contributed by atoms with Gasteiger partial charge in [-0.1, -0.05) is 11.6 Å². The van der Waals surface area contributed by atoms with Crippen molar-refractivity contribution >= 4 is 34.2 Å². The quantitative estimate of drug-likeness (QED) is 0.492. The number of carbonyl (C=O) groups is 1. The van der Waals surface area contributed by atoms with E-state index in [0.29, 0.717) is 41.7 Å². The number of anilines is 1. The highest BCUT2D eigenvalue weighted by atomic mass is 35.5. The third-order valence-electron chi connectivity index (χ3n) is 5.91. The van der Waals surface area contributed by atoms with Crippen molar-refractivity contribution < 1.29 is 22.4 Å². The van der Waals surface area contributed by atoms with Crippen LogP contribution in [0.25, 0.3) is 10.9 Å². The summed E-state index contributed by atoms with van der Waals surface area (Å²) in [6, 6.07) is 9.68. The molecule has 0 spiro atoms. The van der Waals surface area contributed by atoms with Crippen LogP contribution < -0.4 is 10.2 Å². The third kappa shape index (κ3) is 5.19. The molecular weight excluding hydrogens is 460 g/mol. The van der Waals surface area contributed by atoms with Gasteiger partial charge in [0.2, 0.25) is 5.82 Å². The van der Waals surface area contributed by atoms with Crippen molar-refractivity contribution in [1.29, 1.82) is 0 Å². The van der Waals surface area contributed by atoms with E-state index in [1.807, 2.05) is 0 Å². The number of hydrogen-bond acceptors (Lipinski definition) is 4. The number of halogens is 5. The average molecular weight is 481 g/mol. The lowest BCUT2D eigenvalue weighted by Gasteiger charge is -2.36. The fraction of sp³-hybridized carbons (Fsp3) is 0.348. The molecule has 0 bridgehead atoms. The van der Waals surface area contributed by atoms with Crippen LogP contribution >= 0.6 is 11.6 Å². The standard InChI is InChI=1S/C23H21ClF4N4O/c1-32(20-18-12-14(24)4-11-19(18)30-22(31-20)23(26,27)28)17-9-7-16(8-10-17)29-21(33)13-2-5-15(25)6-3-13/h2-6,11-12,16-17H,7-10H2,1H3,(H,29,33)/t16-,17+. The summed E-state index contributed by atoms with van der Waals surface area (Å²) >= 11 is 6.08. The van der Waals surface area contributed by atoms with E-state index in [4.69, 9.17) is 11.6 Å². The zero-order valence-corrected chi connectivity index (χ0v) is 18.4. The summed E-state index contributed by atoms with van der Waals surface area (Å²) in [6.45, 7) is 0. The molecule has 4 rings (SSSR count). The number of hydrogen-bond donors (Lipinski definition) is 1. The van der Waals surface area contributed by atoms with Gasteiger partial charge in [-0.05, 0) is 68.1 Å². The van der Waals surface area contributed by atoms with Crippen molar-refractivity contribution in [3.8, 4) is 0 Å². The summed E-state index contributed by atoms with van der Waals surface area (Å²) in [6.07, 6.45) is -2.07. The minimum atomic E-state index is -4.67. The molecule has 1 saturated carbocycles. The molecule has 2 aromatic carbocycles. The number of fused-ring (bicyclic) bond motifs is 1. The first-order valence-corrected chi connectivity index (χ1v) is 10.8. The maximum absolute atomic E-state index is 13.4. The van der Waals surface area contributed by atoms with Crippen LogP contribution in [0.2, 0.25) is 5.02 Å². The maximum atomic E-state index is 13.4. The predicted molar refractivity (Wildman–Crippen MR) is 118 cm³/mol. The van der Waals surface area contributed by atoms with E-state index in [0.717, 1.165) is 0 Å². The molecule has 5 nitrogen and oxygen atoms in total. The van der Waals surface area contributed by atoms with Crippen LogP contribution in [0.3, 0.4) is 0 Å². The molecular formula is C23H21ClF4N4O. The van der Waals surface area contributed by atoms with Crippen molar-refractivity contribution in [2.24, 2.45) is 0 Å². The largest absolute Gasteiger partial charge is 0.451 e. The topological polar surface area (TPSA) is 58.1 Å². The monoisotopic (exact) mass is 480 g/mol. The highest BCUT2D eigenvalue weighted by Crippen LogP contribution is 2.35. The molecule has 1 amide bonds. The summed E-state index contributed by atoms with van der Waals surface area (Å²) in [5.41, 5.74) is 0.545. The van der Waals surface area contributed by atoms with Crippen LogP contribution in [-0.2, 0) is 6.18 Å². The first kappa shape index (κ1) is 23.2. The Balaban J connectivity index is 1.49. The minimum absolute atomic E-state index is 0.0675. The van der Waals surface area contributed by atoms with Crippen molar-refractivity contribution in [1.82, 2.24) is 15.3 Å². The smallest absolute Gasteiger partial charge is 0.356 e. The van der Waals surface area contributed by atoms with E-state index in [1.54, 1.807) is 18.0 Å². The third-order valence-corrected chi connectivity index (χ3v) is 6.15. The SMILES string of the molecule is CN(c1nc(C(F)(F)F)nc2ccc(Cl)cc12)[C@H]1CC[C@@H](NC(=O)c2ccc(F)cc2)CC1. The molecule has 1 N–H and O–H groups in total. The van der Waals surface area contributed by atoms with E-state index in [1.165, 1.54) is 36.4 Å². The lowest BCUT2D eigenvalue weighted by Crippen LogP contribution is -2.43. The van der Waals surface area contributed by atoms with Gasteiger partial charge >= 0.3 is 6.18 Å². The summed E-state index contributed by atoms with van der Waals surface area (Å²) < 4.78 is 53.2. The normalized spacial score (nSPS) is 18.8. The summed E-state index contributed by atoms with van der Waals surface area (Å²) in [7, 11) is 1.71. The van der Waals surface area contributed by atoms with Gasteiger partial charge in [-0.25, -0.2) is 14.4 Å². The highest BCUT2D eigenvalue weighted by molar-refractivity contribution is 6.31. The van der Waals surface area contributed by atoms with Crippen molar-refractivity contribution in [2.75, 3.05) is 11.9 Å². The molecule has 1 aliphatic rings. The van der Waals surface area contributed by atoms with Crippen LogP contribution in [0.1, 0.15) is 41.9 Å². The van der Waals surface area contributed by atoms with E-state index in [2.05, 4.69) is 15.3 Å². The molecule has 174 valence electrons. The number of nitrogens with one attached hydrogen (secondary N) is 1. The average Bonchev–Trinajstić information content (AvgIpc) is 2.78. The Morgan fingerprint density at radius 3 is 2.36 bits per heavy atom. The molecule has 1 aromatic heterocycles. The molecule has 10 heteroatoms. The highest BCUT2D eigenvalue weighted by Gasteiger charge is 2.36. The van der Waals surface area contributed by atoms with Gasteiger partial charge in [-0.15, -0.1) is 0 Å². The maximum Gasteiger partial charge on any atom is 0.451 e. The number of amides is 1. The Morgan fingerprint density at radius 1 is 1.06 bits per heavy atom. The van der Waals surface area contributed by atoms with Crippen LogP contribution in [0.5, 0.6) is 0 Å². The van der Waals surface area contributed by atoms with E-state index in [-0.39, 0.29) is 29.3 Å². The summed E-state index contributed by atoms with van der Waals surface area (Å²) in [5, 5.41) is 3.78. The number of rotatable bonds is 4. The van der Waals surface area contributed by atoms with Crippen LogP contribution in [0, 0.1) is 5.82 Å². The summed E-state index contributed by atoms with van der Waals surface area (Å²) in [5.74, 6) is -1.71. The molecule has 33 heavy (non-hydrogen) atoms. The summed E-state index contributed by atoms with van der Waals surface area (Å²) in [4.78, 5) is 21.6. The zero-order chi connectivity index (χ0) is 23.8. The minimum Gasteiger partial charge on any atom is -0.356 e.